The average Bonchev–Trinajstić information content (AvgIpc) is 2.37. The molecule has 0 aromatic heterocycles. The highest BCUT2D eigenvalue weighted by Gasteiger charge is 2.41. The van der Waals surface area contributed by atoms with Crippen molar-refractivity contribution in [1.82, 2.24) is 5.32 Å². The molecule has 21 heavy (non-hydrogen) atoms. The Morgan fingerprint density at radius 3 is 2.19 bits per heavy atom. The lowest BCUT2D eigenvalue weighted by Crippen LogP contribution is -2.50. The second-order valence-corrected chi connectivity index (χ2v) is 4.94. The van der Waals surface area contributed by atoms with E-state index in [2.05, 4.69) is 0 Å². The van der Waals surface area contributed by atoms with E-state index in [-0.39, 0.29) is 18.8 Å². The quantitative estimate of drug-likeness (QED) is 0.875. The molecule has 0 aliphatic rings. The molecule has 0 radical (unpaired) electrons. The van der Waals surface area contributed by atoms with Crippen LogP contribution < -0.4 is 11.1 Å². The molecule has 3 N–H and O–H groups in total. The lowest BCUT2D eigenvalue weighted by Gasteiger charge is -2.24. The van der Waals surface area contributed by atoms with Gasteiger partial charge < -0.3 is 11.1 Å². The summed E-state index contributed by atoms with van der Waals surface area (Å²) >= 11 is 0. The Balaban J connectivity index is 0.00000400. The Hall–Kier alpha value is -1.27. The van der Waals surface area contributed by atoms with Crippen molar-refractivity contribution in [3.63, 3.8) is 0 Å². The van der Waals surface area contributed by atoms with E-state index in [1.807, 2.05) is 5.32 Å². The predicted molar refractivity (Wildman–Crippen MR) is 78.2 cm³/mol. The SMILES string of the molecule is CC(N)C(C)C(=O)NC(Cc1ccccc1)C(F)(F)F.Cl. The number of hydrogen-bond donors (Lipinski definition) is 2. The Morgan fingerprint density at radius 1 is 1.24 bits per heavy atom. The summed E-state index contributed by atoms with van der Waals surface area (Å²) in [6.07, 6.45) is -4.79. The normalized spacial score (nSPS) is 15.5. The van der Waals surface area contributed by atoms with Gasteiger partial charge in [-0.05, 0) is 12.5 Å². The molecule has 3 nitrogen and oxygen atoms in total. The smallest absolute Gasteiger partial charge is 0.344 e. The largest absolute Gasteiger partial charge is 0.408 e. The van der Waals surface area contributed by atoms with E-state index in [0.29, 0.717) is 5.56 Å². The summed E-state index contributed by atoms with van der Waals surface area (Å²) in [5, 5.41) is 2.04. The monoisotopic (exact) mass is 324 g/mol. The van der Waals surface area contributed by atoms with Gasteiger partial charge in [0.1, 0.15) is 6.04 Å². The molecule has 1 rings (SSSR count). The number of alkyl halides is 3. The zero-order chi connectivity index (χ0) is 15.3. The van der Waals surface area contributed by atoms with Crippen LogP contribution in [0, 0.1) is 5.92 Å². The van der Waals surface area contributed by atoms with Crippen LogP contribution in [0.25, 0.3) is 0 Å². The fourth-order valence-electron chi connectivity index (χ4n) is 1.64. The highest BCUT2D eigenvalue weighted by atomic mass is 35.5. The molecule has 3 unspecified atom stereocenters. The topological polar surface area (TPSA) is 55.1 Å². The number of carbonyl (C=O) groups excluding carboxylic acids is 1. The molecule has 0 aliphatic carbocycles. The number of carbonyl (C=O) groups is 1. The van der Waals surface area contributed by atoms with Gasteiger partial charge in [0, 0.05) is 18.4 Å². The highest BCUT2D eigenvalue weighted by Crippen LogP contribution is 2.23. The number of nitrogens with one attached hydrogen (secondary N) is 1. The van der Waals surface area contributed by atoms with Crippen molar-refractivity contribution < 1.29 is 18.0 Å². The third-order valence-electron chi connectivity index (χ3n) is 3.20. The summed E-state index contributed by atoms with van der Waals surface area (Å²) in [5.74, 6) is -1.35. The van der Waals surface area contributed by atoms with Crippen molar-refractivity contribution in [2.24, 2.45) is 11.7 Å². The van der Waals surface area contributed by atoms with Crippen molar-refractivity contribution in [2.45, 2.75) is 38.5 Å². The van der Waals surface area contributed by atoms with Crippen LogP contribution in [0.2, 0.25) is 0 Å². The van der Waals surface area contributed by atoms with Crippen molar-refractivity contribution in [1.29, 1.82) is 0 Å². The zero-order valence-corrected chi connectivity index (χ0v) is 12.7. The van der Waals surface area contributed by atoms with Crippen LogP contribution in [-0.4, -0.2) is 24.2 Å². The van der Waals surface area contributed by atoms with Crippen molar-refractivity contribution in [2.75, 3.05) is 0 Å². The fraction of sp³-hybridized carbons (Fsp3) is 0.500. The number of rotatable bonds is 5. The van der Waals surface area contributed by atoms with Gasteiger partial charge in [-0.2, -0.15) is 13.2 Å². The maximum absolute atomic E-state index is 13.0. The maximum Gasteiger partial charge on any atom is 0.408 e. The average molecular weight is 325 g/mol. The highest BCUT2D eigenvalue weighted by molar-refractivity contribution is 5.85. The van der Waals surface area contributed by atoms with Crippen LogP contribution in [0.4, 0.5) is 13.2 Å². The summed E-state index contributed by atoms with van der Waals surface area (Å²) in [6, 6.07) is 5.84. The molecule has 0 aliphatic heterocycles. The van der Waals surface area contributed by atoms with E-state index in [4.69, 9.17) is 5.73 Å². The number of amides is 1. The summed E-state index contributed by atoms with van der Waals surface area (Å²) in [6.45, 7) is 3.10. The standard InChI is InChI=1S/C14H19F3N2O.ClH/c1-9(10(2)18)13(20)19-12(14(15,16)17)8-11-6-4-3-5-7-11;/h3-7,9-10,12H,8,18H2,1-2H3,(H,19,20);1H. The van der Waals surface area contributed by atoms with Gasteiger partial charge in [-0.3, -0.25) is 4.79 Å². The van der Waals surface area contributed by atoms with E-state index in [1.54, 1.807) is 37.3 Å². The van der Waals surface area contributed by atoms with Crippen LogP contribution in [0.1, 0.15) is 19.4 Å². The van der Waals surface area contributed by atoms with Crippen molar-refractivity contribution in [3.05, 3.63) is 35.9 Å². The Labute approximate surface area is 128 Å². The first-order valence-electron chi connectivity index (χ1n) is 6.38. The third-order valence-corrected chi connectivity index (χ3v) is 3.20. The van der Waals surface area contributed by atoms with Crippen LogP contribution in [0.5, 0.6) is 0 Å². The van der Waals surface area contributed by atoms with Gasteiger partial charge in [-0.1, -0.05) is 37.3 Å². The van der Waals surface area contributed by atoms with Crippen LogP contribution in [0.3, 0.4) is 0 Å². The van der Waals surface area contributed by atoms with E-state index in [9.17, 15) is 18.0 Å². The van der Waals surface area contributed by atoms with Crippen LogP contribution >= 0.6 is 12.4 Å². The van der Waals surface area contributed by atoms with Gasteiger partial charge in [-0.15, -0.1) is 12.4 Å². The number of halogens is 4. The van der Waals surface area contributed by atoms with E-state index >= 15 is 0 Å². The molecule has 120 valence electrons. The molecule has 1 aromatic rings. The van der Waals surface area contributed by atoms with Crippen LogP contribution in [0.15, 0.2) is 30.3 Å². The van der Waals surface area contributed by atoms with E-state index in [1.165, 1.54) is 6.92 Å². The predicted octanol–water partition coefficient (Wildman–Crippen LogP) is 2.68. The molecule has 3 atom stereocenters. The molecule has 1 aromatic carbocycles. The molecule has 0 saturated heterocycles. The van der Waals surface area contributed by atoms with Crippen LogP contribution in [-0.2, 0) is 11.2 Å². The Morgan fingerprint density at radius 2 is 1.76 bits per heavy atom. The molecule has 7 heteroatoms. The molecule has 0 spiro atoms. The van der Waals surface area contributed by atoms with Crippen molar-refractivity contribution >= 4 is 18.3 Å². The van der Waals surface area contributed by atoms with E-state index in [0.717, 1.165) is 0 Å². The van der Waals surface area contributed by atoms with Crippen molar-refractivity contribution in [3.8, 4) is 0 Å². The molecule has 0 saturated carbocycles. The summed E-state index contributed by atoms with van der Waals surface area (Å²) in [5.41, 5.74) is 6.05. The minimum atomic E-state index is -4.50. The van der Waals surface area contributed by atoms with Gasteiger partial charge in [0.15, 0.2) is 0 Å². The molecular formula is C14H20ClF3N2O. The minimum absolute atomic E-state index is 0. The van der Waals surface area contributed by atoms with Gasteiger partial charge >= 0.3 is 6.18 Å². The zero-order valence-electron chi connectivity index (χ0n) is 11.9. The minimum Gasteiger partial charge on any atom is -0.344 e. The van der Waals surface area contributed by atoms with Gasteiger partial charge in [0.05, 0.1) is 0 Å². The summed E-state index contributed by atoms with van der Waals surface area (Å²) < 4.78 is 39.0. The van der Waals surface area contributed by atoms with Gasteiger partial charge in [-0.25, -0.2) is 0 Å². The van der Waals surface area contributed by atoms with Gasteiger partial charge in [0.25, 0.3) is 0 Å². The second kappa shape index (κ2) is 8.24. The molecule has 1 amide bonds. The number of nitrogens with two attached hydrogens (primary N) is 1. The Bertz CT molecular complexity index is 438. The first kappa shape index (κ1) is 19.7. The second-order valence-electron chi connectivity index (χ2n) is 4.94. The fourth-order valence-corrected chi connectivity index (χ4v) is 1.64. The molecule has 0 bridgehead atoms. The van der Waals surface area contributed by atoms with E-state index < -0.39 is 30.1 Å². The summed E-state index contributed by atoms with van der Waals surface area (Å²) in [4.78, 5) is 11.7. The lowest BCUT2D eigenvalue weighted by atomic mass is 10.0. The number of hydrogen-bond acceptors (Lipinski definition) is 2. The first-order chi connectivity index (χ1) is 9.21. The molecular weight excluding hydrogens is 305 g/mol. The maximum atomic E-state index is 13.0. The molecule has 0 fully saturated rings. The Kier molecular flexibility index (Phi) is 7.74. The lowest BCUT2D eigenvalue weighted by molar-refractivity contribution is -0.162. The number of benzene rings is 1. The summed E-state index contributed by atoms with van der Waals surface area (Å²) in [7, 11) is 0. The third kappa shape index (κ3) is 6.35. The molecule has 0 heterocycles. The first-order valence-corrected chi connectivity index (χ1v) is 6.38. The van der Waals surface area contributed by atoms with Gasteiger partial charge in [0.2, 0.25) is 5.91 Å².